The van der Waals surface area contributed by atoms with Crippen molar-refractivity contribution in [2.45, 2.75) is 33.7 Å². The van der Waals surface area contributed by atoms with E-state index in [0.717, 1.165) is 29.9 Å². The third-order valence-corrected chi connectivity index (χ3v) is 4.99. The number of nitrogens with zero attached hydrogens (tertiary/aromatic N) is 2. The van der Waals surface area contributed by atoms with Crippen LogP contribution in [0.15, 0.2) is 36.4 Å². The summed E-state index contributed by atoms with van der Waals surface area (Å²) in [4.78, 5) is 27.8. The number of hydrogen-bond acceptors (Lipinski definition) is 3. The van der Waals surface area contributed by atoms with E-state index < -0.39 is 0 Å². The molecule has 0 aromatic heterocycles. The molecule has 5 heteroatoms. The minimum Gasteiger partial charge on any atom is -0.325 e. The molecule has 142 valence electrons. The number of aryl methyl sites for hydroxylation is 2. The predicted molar refractivity (Wildman–Crippen MR) is 109 cm³/mol. The van der Waals surface area contributed by atoms with Crippen molar-refractivity contribution >= 4 is 23.2 Å². The number of likely N-dealkylation sites (N-methyl/N-ethyl adjacent to an activating group) is 1. The Morgan fingerprint density at radius 2 is 1.93 bits per heavy atom. The van der Waals surface area contributed by atoms with Gasteiger partial charge in [-0.25, -0.2) is 0 Å². The molecule has 0 saturated carbocycles. The van der Waals surface area contributed by atoms with Crippen LogP contribution in [-0.4, -0.2) is 36.9 Å². The standard InChI is InChI=1S/C22H27N3O2/c1-15-5-6-19(16(2)11-15)13-24(4)14-22(27)23-20-7-8-21-18(12-20)9-10-25(21)17(3)26/h5-8,11-12H,9-10,13-14H2,1-4H3,(H,23,27). The number of hydrogen-bond donors (Lipinski definition) is 1. The maximum atomic E-state index is 12.4. The van der Waals surface area contributed by atoms with Crippen molar-refractivity contribution in [1.29, 1.82) is 0 Å². The molecule has 27 heavy (non-hydrogen) atoms. The number of amides is 2. The Kier molecular flexibility index (Phi) is 5.61. The van der Waals surface area contributed by atoms with E-state index in [1.165, 1.54) is 16.7 Å². The third-order valence-electron chi connectivity index (χ3n) is 4.99. The van der Waals surface area contributed by atoms with Crippen molar-refractivity contribution in [2.75, 3.05) is 30.4 Å². The molecular formula is C22H27N3O2. The lowest BCUT2D eigenvalue weighted by atomic mass is 10.1. The largest absolute Gasteiger partial charge is 0.325 e. The lowest BCUT2D eigenvalue weighted by Crippen LogP contribution is -2.30. The molecule has 0 atom stereocenters. The van der Waals surface area contributed by atoms with Crippen LogP contribution >= 0.6 is 0 Å². The van der Waals surface area contributed by atoms with E-state index in [0.29, 0.717) is 13.1 Å². The second-order valence-electron chi connectivity index (χ2n) is 7.41. The quantitative estimate of drug-likeness (QED) is 0.885. The number of rotatable bonds is 5. The van der Waals surface area contributed by atoms with Gasteiger partial charge in [-0.05, 0) is 62.2 Å². The van der Waals surface area contributed by atoms with E-state index >= 15 is 0 Å². The summed E-state index contributed by atoms with van der Waals surface area (Å²) in [6.45, 7) is 7.53. The molecule has 0 saturated heterocycles. The molecule has 0 bridgehead atoms. The van der Waals surface area contributed by atoms with E-state index in [2.05, 4.69) is 37.4 Å². The fourth-order valence-corrected chi connectivity index (χ4v) is 3.62. The van der Waals surface area contributed by atoms with Gasteiger partial charge in [0.2, 0.25) is 11.8 Å². The Labute approximate surface area is 161 Å². The zero-order chi connectivity index (χ0) is 19.6. The van der Waals surface area contributed by atoms with Gasteiger partial charge in [0, 0.05) is 31.4 Å². The SMILES string of the molecule is CC(=O)N1CCc2cc(NC(=O)CN(C)Cc3ccc(C)cc3C)ccc21. The van der Waals surface area contributed by atoms with E-state index in [1.54, 1.807) is 11.8 Å². The molecule has 0 unspecified atom stereocenters. The van der Waals surface area contributed by atoms with Gasteiger partial charge >= 0.3 is 0 Å². The molecule has 1 aliphatic rings. The highest BCUT2D eigenvalue weighted by Gasteiger charge is 2.22. The molecule has 2 amide bonds. The summed E-state index contributed by atoms with van der Waals surface area (Å²) in [7, 11) is 1.95. The van der Waals surface area contributed by atoms with Gasteiger partial charge in [0.15, 0.2) is 0 Å². The van der Waals surface area contributed by atoms with Gasteiger partial charge in [-0.2, -0.15) is 0 Å². The fourth-order valence-electron chi connectivity index (χ4n) is 3.62. The Morgan fingerprint density at radius 3 is 2.63 bits per heavy atom. The average molecular weight is 365 g/mol. The van der Waals surface area contributed by atoms with Gasteiger partial charge in [-0.1, -0.05) is 23.8 Å². The van der Waals surface area contributed by atoms with Crippen LogP contribution in [0.4, 0.5) is 11.4 Å². The van der Waals surface area contributed by atoms with Crippen LogP contribution in [-0.2, 0) is 22.6 Å². The highest BCUT2D eigenvalue weighted by molar-refractivity contribution is 5.96. The summed E-state index contributed by atoms with van der Waals surface area (Å²) < 4.78 is 0. The van der Waals surface area contributed by atoms with Crippen molar-refractivity contribution in [2.24, 2.45) is 0 Å². The molecule has 3 rings (SSSR count). The fraction of sp³-hybridized carbons (Fsp3) is 0.364. The predicted octanol–water partition coefficient (Wildman–Crippen LogP) is 3.28. The first kappa shape index (κ1) is 19.1. The summed E-state index contributed by atoms with van der Waals surface area (Å²) in [5.41, 5.74) is 6.56. The van der Waals surface area contributed by atoms with Gasteiger partial charge in [0.25, 0.3) is 0 Å². The smallest absolute Gasteiger partial charge is 0.238 e. The zero-order valence-electron chi connectivity index (χ0n) is 16.5. The highest BCUT2D eigenvalue weighted by Crippen LogP contribution is 2.30. The van der Waals surface area contributed by atoms with Crippen LogP contribution in [0.5, 0.6) is 0 Å². The first-order valence-electron chi connectivity index (χ1n) is 9.29. The summed E-state index contributed by atoms with van der Waals surface area (Å²) in [5.74, 6) is 0.0159. The van der Waals surface area contributed by atoms with E-state index in [4.69, 9.17) is 0 Å². The Bertz CT molecular complexity index is 876. The van der Waals surface area contributed by atoms with Gasteiger partial charge in [0.1, 0.15) is 0 Å². The number of nitrogens with one attached hydrogen (secondary N) is 1. The lowest BCUT2D eigenvalue weighted by molar-refractivity contribution is -0.117. The van der Waals surface area contributed by atoms with Crippen LogP contribution < -0.4 is 10.2 Å². The molecule has 0 aliphatic carbocycles. The van der Waals surface area contributed by atoms with Crippen LogP contribution in [0.25, 0.3) is 0 Å². The molecule has 1 aliphatic heterocycles. The highest BCUT2D eigenvalue weighted by atomic mass is 16.2. The van der Waals surface area contributed by atoms with Gasteiger partial charge < -0.3 is 10.2 Å². The Balaban J connectivity index is 1.58. The maximum absolute atomic E-state index is 12.4. The molecule has 2 aromatic rings. The van der Waals surface area contributed by atoms with Crippen LogP contribution in [0.3, 0.4) is 0 Å². The van der Waals surface area contributed by atoms with E-state index in [1.807, 2.05) is 30.1 Å². The van der Waals surface area contributed by atoms with E-state index in [9.17, 15) is 9.59 Å². The molecule has 0 spiro atoms. The molecule has 1 heterocycles. The zero-order valence-corrected chi connectivity index (χ0v) is 16.5. The number of benzene rings is 2. The minimum absolute atomic E-state index is 0.0383. The van der Waals surface area contributed by atoms with Gasteiger partial charge in [-0.15, -0.1) is 0 Å². The number of fused-ring (bicyclic) bond motifs is 1. The Hall–Kier alpha value is -2.66. The molecule has 0 fully saturated rings. The van der Waals surface area contributed by atoms with Gasteiger partial charge in [-0.3, -0.25) is 14.5 Å². The van der Waals surface area contributed by atoms with Crippen molar-refractivity contribution in [3.63, 3.8) is 0 Å². The minimum atomic E-state index is -0.0383. The summed E-state index contributed by atoms with van der Waals surface area (Å²) in [6.07, 6.45) is 0.825. The summed E-state index contributed by atoms with van der Waals surface area (Å²) in [5, 5.41) is 2.97. The summed E-state index contributed by atoms with van der Waals surface area (Å²) >= 11 is 0. The number of carbonyl (C=O) groups is 2. The Morgan fingerprint density at radius 1 is 1.15 bits per heavy atom. The molecule has 5 nitrogen and oxygen atoms in total. The lowest BCUT2D eigenvalue weighted by Gasteiger charge is -2.18. The van der Waals surface area contributed by atoms with Crippen molar-refractivity contribution in [3.05, 3.63) is 58.7 Å². The number of anilines is 2. The molecular weight excluding hydrogens is 338 g/mol. The summed E-state index contributed by atoms with van der Waals surface area (Å²) in [6, 6.07) is 12.1. The first-order valence-corrected chi connectivity index (χ1v) is 9.29. The van der Waals surface area contributed by atoms with Crippen LogP contribution in [0.1, 0.15) is 29.2 Å². The second kappa shape index (κ2) is 7.92. The topological polar surface area (TPSA) is 52.7 Å². The van der Waals surface area contributed by atoms with Crippen molar-refractivity contribution in [3.8, 4) is 0 Å². The van der Waals surface area contributed by atoms with E-state index in [-0.39, 0.29) is 11.8 Å². The van der Waals surface area contributed by atoms with Crippen LogP contribution in [0, 0.1) is 13.8 Å². The number of carbonyl (C=O) groups excluding carboxylic acids is 2. The molecule has 2 aromatic carbocycles. The van der Waals surface area contributed by atoms with Crippen molar-refractivity contribution < 1.29 is 9.59 Å². The van der Waals surface area contributed by atoms with Crippen LogP contribution in [0.2, 0.25) is 0 Å². The second-order valence-corrected chi connectivity index (χ2v) is 7.41. The normalized spacial score (nSPS) is 13.0. The average Bonchev–Trinajstić information content (AvgIpc) is 3.00. The van der Waals surface area contributed by atoms with Crippen molar-refractivity contribution in [1.82, 2.24) is 4.90 Å². The van der Waals surface area contributed by atoms with Gasteiger partial charge in [0.05, 0.1) is 6.54 Å². The molecule has 0 radical (unpaired) electrons. The first-order chi connectivity index (χ1) is 12.8. The monoisotopic (exact) mass is 365 g/mol. The third kappa shape index (κ3) is 4.55. The molecule has 1 N–H and O–H groups in total. The maximum Gasteiger partial charge on any atom is 0.238 e.